The number of halogens is 3. The third kappa shape index (κ3) is 3.48. The fraction of sp³-hybridized carbons (Fsp3) is 0.0500. The molecule has 8 heteroatoms. The summed E-state index contributed by atoms with van der Waals surface area (Å²) in [5.41, 5.74) is 0.120. The Morgan fingerprint density at radius 3 is 2.39 bits per heavy atom. The number of nitrogens with one attached hydrogen (secondary N) is 1. The first-order valence-corrected chi connectivity index (χ1v) is 9.80. The normalized spacial score (nSPS) is 11.7. The van der Waals surface area contributed by atoms with Gasteiger partial charge in [-0.05, 0) is 35.2 Å². The molecular formula is C20H12F3NO2S2. The van der Waals surface area contributed by atoms with Gasteiger partial charge in [0.25, 0.3) is 0 Å². The minimum Gasteiger partial charge on any atom is -0.478 e. The Bertz CT molecular complexity index is 1130. The molecule has 4 aromatic rings. The number of carboxylic acids is 1. The Balaban J connectivity index is 1.70. The number of anilines is 2. The highest BCUT2D eigenvalue weighted by Crippen LogP contribution is 2.40. The van der Waals surface area contributed by atoms with Crippen molar-refractivity contribution >= 4 is 49.4 Å². The van der Waals surface area contributed by atoms with E-state index >= 15 is 0 Å². The van der Waals surface area contributed by atoms with Crippen LogP contribution in [0.3, 0.4) is 0 Å². The molecule has 0 unspecified atom stereocenters. The average molecular weight is 419 g/mol. The number of carbonyl (C=O) groups is 1. The quantitative estimate of drug-likeness (QED) is 0.371. The van der Waals surface area contributed by atoms with E-state index in [2.05, 4.69) is 5.32 Å². The van der Waals surface area contributed by atoms with E-state index < -0.39 is 17.7 Å². The number of hydrogen-bond donors (Lipinski definition) is 2. The van der Waals surface area contributed by atoms with Crippen molar-refractivity contribution in [1.29, 1.82) is 0 Å². The Morgan fingerprint density at radius 2 is 1.75 bits per heavy atom. The van der Waals surface area contributed by atoms with Gasteiger partial charge in [-0.15, -0.1) is 22.7 Å². The van der Waals surface area contributed by atoms with Gasteiger partial charge in [0.15, 0.2) is 0 Å². The van der Waals surface area contributed by atoms with E-state index in [1.54, 1.807) is 5.38 Å². The third-order valence-corrected chi connectivity index (χ3v) is 6.22. The summed E-state index contributed by atoms with van der Waals surface area (Å²) in [4.78, 5) is 12.3. The van der Waals surface area contributed by atoms with Crippen LogP contribution in [0, 0.1) is 0 Å². The van der Waals surface area contributed by atoms with Gasteiger partial charge < -0.3 is 10.4 Å². The van der Waals surface area contributed by atoms with Gasteiger partial charge in [-0.25, -0.2) is 4.79 Å². The summed E-state index contributed by atoms with van der Waals surface area (Å²) in [6.45, 7) is 0. The number of carboxylic acid groups (broad SMARTS) is 1. The van der Waals surface area contributed by atoms with Crippen molar-refractivity contribution in [2.75, 3.05) is 5.32 Å². The molecule has 2 aromatic carbocycles. The molecule has 0 bridgehead atoms. The van der Waals surface area contributed by atoms with E-state index in [0.29, 0.717) is 16.1 Å². The first-order chi connectivity index (χ1) is 13.3. The molecule has 0 saturated heterocycles. The van der Waals surface area contributed by atoms with Crippen molar-refractivity contribution in [3.8, 4) is 10.4 Å². The maximum atomic E-state index is 12.8. The van der Waals surface area contributed by atoms with Gasteiger partial charge in [-0.2, -0.15) is 13.2 Å². The van der Waals surface area contributed by atoms with E-state index in [0.717, 1.165) is 27.2 Å². The number of hydrogen-bond acceptors (Lipinski definition) is 4. The Morgan fingerprint density at radius 1 is 1.04 bits per heavy atom. The molecule has 4 rings (SSSR count). The summed E-state index contributed by atoms with van der Waals surface area (Å²) < 4.78 is 39.4. The SMILES string of the molecule is O=C(O)c1c(Nc2cc3ccccc3s2)csc1-c1ccc(C(F)(F)F)cc1. The fourth-order valence-electron chi connectivity index (χ4n) is 2.86. The molecular weight excluding hydrogens is 407 g/mol. The summed E-state index contributed by atoms with van der Waals surface area (Å²) in [6, 6.07) is 14.2. The first-order valence-electron chi connectivity index (χ1n) is 8.11. The second kappa shape index (κ2) is 6.96. The van der Waals surface area contributed by atoms with Gasteiger partial charge in [0.2, 0.25) is 0 Å². The number of fused-ring (bicyclic) bond motifs is 1. The summed E-state index contributed by atoms with van der Waals surface area (Å²) in [7, 11) is 0. The van der Waals surface area contributed by atoms with Crippen LogP contribution in [0.1, 0.15) is 15.9 Å². The van der Waals surface area contributed by atoms with Crippen molar-refractivity contribution in [2.24, 2.45) is 0 Å². The van der Waals surface area contributed by atoms with Crippen LogP contribution in [0.4, 0.5) is 23.9 Å². The van der Waals surface area contributed by atoms with Crippen molar-refractivity contribution in [3.05, 3.63) is 71.1 Å². The third-order valence-electron chi connectivity index (χ3n) is 4.16. The lowest BCUT2D eigenvalue weighted by atomic mass is 10.1. The van der Waals surface area contributed by atoms with Crippen LogP contribution >= 0.6 is 22.7 Å². The number of benzene rings is 2. The Labute approximate surface area is 165 Å². The van der Waals surface area contributed by atoms with Crippen LogP contribution in [-0.4, -0.2) is 11.1 Å². The number of thiophene rings is 2. The molecule has 142 valence electrons. The molecule has 2 aromatic heterocycles. The standard InChI is InChI=1S/C20H12F3NO2S2/c21-20(22,23)13-7-5-11(6-8-13)18-17(19(25)26)14(10-27-18)24-16-9-12-3-1-2-4-15(12)28-16/h1-10,24H,(H,25,26). The van der Waals surface area contributed by atoms with Gasteiger partial charge in [0.1, 0.15) is 5.56 Å². The second-order valence-corrected chi connectivity index (χ2v) is 7.97. The van der Waals surface area contributed by atoms with Crippen LogP contribution < -0.4 is 5.32 Å². The molecule has 0 fully saturated rings. The summed E-state index contributed by atoms with van der Waals surface area (Å²) in [5.74, 6) is -1.14. The van der Waals surface area contributed by atoms with Crippen molar-refractivity contribution in [3.63, 3.8) is 0 Å². The topological polar surface area (TPSA) is 49.3 Å². The van der Waals surface area contributed by atoms with Crippen LogP contribution in [0.2, 0.25) is 0 Å². The van der Waals surface area contributed by atoms with Gasteiger partial charge in [-0.3, -0.25) is 0 Å². The smallest absolute Gasteiger partial charge is 0.416 e. The summed E-state index contributed by atoms with van der Waals surface area (Å²) in [6.07, 6.45) is -4.43. The van der Waals surface area contributed by atoms with Gasteiger partial charge in [-0.1, -0.05) is 30.3 Å². The van der Waals surface area contributed by atoms with Crippen LogP contribution in [-0.2, 0) is 6.18 Å². The van der Waals surface area contributed by atoms with Crippen molar-refractivity contribution < 1.29 is 23.1 Å². The maximum absolute atomic E-state index is 12.8. The van der Waals surface area contributed by atoms with E-state index in [1.165, 1.54) is 34.8 Å². The van der Waals surface area contributed by atoms with Crippen LogP contribution in [0.25, 0.3) is 20.5 Å². The minimum absolute atomic E-state index is 0.0437. The summed E-state index contributed by atoms with van der Waals surface area (Å²) >= 11 is 2.67. The lowest BCUT2D eigenvalue weighted by molar-refractivity contribution is -0.137. The van der Waals surface area contributed by atoms with E-state index in [4.69, 9.17) is 0 Å². The highest BCUT2D eigenvalue weighted by atomic mass is 32.1. The minimum atomic E-state index is -4.43. The highest BCUT2D eigenvalue weighted by molar-refractivity contribution is 7.22. The molecule has 0 aliphatic heterocycles. The lowest BCUT2D eigenvalue weighted by Gasteiger charge is -2.08. The molecule has 0 amide bonds. The number of aromatic carboxylic acids is 1. The molecule has 28 heavy (non-hydrogen) atoms. The Hall–Kier alpha value is -2.84. The molecule has 2 N–H and O–H groups in total. The molecule has 0 atom stereocenters. The molecule has 0 radical (unpaired) electrons. The van der Waals surface area contributed by atoms with Crippen LogP contribution in [0.5, 0.6) is 0 Å². The first kappa shape index (κ1) is 18.5. The van der Waals surface area contributed by atoms with Gasteiger partial charge in [0.05, 0.1) is 21.1 Å². The highest BCUT2D eigenvalue weighted by Gasteiger charge is 2.30. The van der Waals surface area contributed by atoms with Crippen LogP contribution in [0.15, 0.2) is 60.0 Å². The van der Waals surface area contributed by atoms with Gasteiger partial charge >= 0.3 is 12.1 Å². The largest absolute Gasteiger partial charge is 0.478 e. The zero-order valence-electron chi connectivity index (χ0n) is 14.1. The Kier molecular flexibility index (Phi) is 4.60. The molecule has 3 nitrogen and oxygen atoms in total. The molecule has 0 aliphatic carbocycles. The zero-order chi connectivity index (χ0) is 19.9. The number of rotatable bonds is 4. The molecule has 2 heterocycles. The molecule has 0 spiro atoms. The number of alkyl halides is 3. The molecule has 0 saturated carbocycles. The lowest BCUT2D eigenvalue weighted by Crippen LogP contribution is -2.04. The zero-order valence-corrected chi connectivity index (χ0v) is 15.7. The second-order valence-electron chi connectivity index (χ2n) is 6.01. The van der Waals surface area contributed by atoms with Crippen molar-refractivity contribution in [2.45, 2.75) is 6.18 Å². The van der Waals surface area contributed by atoms with E-state index in [-0.39, 0.29) is 5.56 Å². The van der Waals surface area contributed by atoms with E-state index in [9.17, 15) is 23.1 Å². The monoisotopic (exact) mass is 419 g/mol. The predicted octanol–water partition coefficient (Wildman–Crippen LogP) is 7.09. The average Bonchev–Trinajstić information content (AvgIpc) is 3.24. The maximum Gasteiger partial charge on any atom is 0.416 e. The molecule has 0 aliphatic rings. The summed E-state index contributed by atoms with van der Waals surface area (Å²) in [5, 5.41) is 16.3. The van der Waals surface area contributed by atoms with E-state index in [1.807, 2.05) is 30.3 Å². The predicted molar refractivity (Wildman–Crippen MR) is 107 cm³/mol. The van der Waals surface area contributed by atoms with Gasteiger partial charge in [0, 0.05) is 10.1 Å². The van der Waals surface area contributed by atoms with Crippen molar-refractivity contribution in [1.82, 2.24) is 0 Å². The fourth-order valence-corrected chi connectivity index (χ4v) is 4.84.